The molecular weight excluding hydrogens is 204 g/mol. The summed E-state index contributed by atoms with van der Waals surface area (Å²) in [6.45, 7) is 1.80. The lowest BCUT2D eigenvalue weighted by Crippen LogP contribution is -1.79. The summed E-state index contributed by atoms with van der Waals surface area (Å²) in [5.41, 5.74) is 0.843. The van der Waals surface area contributed by atoms with Gasteiger partial charge in [-0.05, 0) is 25.1 Å². The Morgan fingerprint density at radius 1 is 1.36 bits per heavy atom. The Kier molecular flexibility index (Phi) is 2.71. The van der Waals surface area contributed by atoms with Crippen molar-refractivity contribution in [3.8, 4) is 0 Å². The molecule has 0 saturated heterocycles. The quantitative estimate of drug-likeness (QED) is 0.709. The third kappa shape index (κ3) is 2.09. The molecule has 0 amide bonds. The minimum atomic E-state index is 0.317. The molecule has 0 spiro atoms. The fourth-order valence-corrected chi connectivity index (χ4v) is 1.05. The summed E-state index contributed by atoms with van der Waals surface area (Å²) in [7, 11) is 0. The summed E-state index contributed by atoms with van der Waals surface area (Å²) in [5.74, 6) is 0.317. The standard InChI is InChI=1S/C9H9BrO/c1-2-9(11)7-3-5-8(10)6-4-7/h2-6,11H,1H3. The van der Waals surface area contributed by atoms with Crippen LogP contribution in [0.25, 0.3) is 5.76 Å². The van der Waals surface area contributed by atoms with E-state index < -0.39 is 0 Å². The summed E-state index contributed by atoms with van der Waals surface area (Å²) in [4.78, 5) is 0. The molecule has 1 rings (SSSR count). The van der Waals surface area contributed by atoms with Gasteiger partial charge < -0.3 is 5.11 Å². The van der Waals surface area contributed by atoms with Crippen LogP contribution in [0.4, 0.5) is 0 Å². The molecule has 1 nitrogen and oxygen atoms in total. The Morgan fingerprint density at radius 2 is 1.91 bits per heavy atom. The number of aliphatic hydroxyl groups excluding tert-OH is 1. The number of aliphatic hydroxyl groups is 1. The molecule has 0 unspecified atom stereocenters. The van der Waals surface area contributed by atoms with E-state index in [9.17, 15) is 5.11 Å². The summed E-state index contributed by atoms with van der Waals surface area (Å²) in [5, 5.41) is 9.27. The molecule has 0 aromatic heterocycles. The Morgan fingerprint density at radius 3 is 2.36 bits per heavy atom. The van der Waals surface area contributed by atoms with Gasteiger partial charge in [0.1, 0.15) is 5.76 Å². The first-order chi connectivity index (χ1) is 5.24. The van der Waals surface area contributed by atoms with Gasteiger partial charge in [0.2, 0.25) is 0 Å². The van der Waals surface area contributed by atoms with Crippen molar-refractivity contribution in [2.75, 3.05) is 0 Å². The molecule has 1 N–H and O–H groups in total. The van der Waals surface area contributed by atoms with E-state index in [0.717, 1.165) is 10.0 Å². The second kappa shape index (κ2) is 3.58. The van der Waals surface area contributed by atoms with Crippen LogP contribution in [0.3, 0.4) is 0 Å². The average molecular weight is 213 g/mol. The molecule has 0 heterocycles. The van der Waals surface area contributed by atoms with Crippen molar-refractivity contribution < 1.29 is 5.11 Å². The van der Waals surface area contributed by atoms with Crippen LogP contribution in [0.1, 0.15) is 12.5 Å². The molecule has 0 aliphatic carbocycles. The van der Waals surface area contributed by atoms with Crippen molar-refractivity contribution in [3.05, 3.63) is 40.4 Å². The molecular formula is C9H9BrO. The zero-order chi connectivity index (χ0) is 8.27. The topological polar surface area (TPSA) is 20.2 Å². The zero-order valence-electron chi connectivity index (χ0n) is 6.21. The SMILES string of the molecule is CC=C(O)c1ccc(Br)cc1. The highest BCUT2D eigenvalue weighted by molar-refractivity contribution is 9.10. The molecule has 0 fully saturated rings. The minimum Gasteiger partial charge on any atom is -0.508 e. The minimum absolute atomic E-state index is 0.317. The lowest BCUT2D eigenvalue weighted by Gasteiger charge is -1.97. The monoisotopic (exact) mass is 212 g/mol. The molecule has 0 aliphatic heterocycles. The van der Waals surface area contributed by atoms with Crippen molar-refractivity contribution in [1.82, 2.24) is 0 Å². The molecule has 11 heavy (non-hydrogen) atoms. The Labute approximate surface area is 74.5 Å². The number of hydrogen-bond donors (Lipinski definition) is 1. The maximum absolute atomic E-state index is 9.27. The number of benzene rings is 1. The molecule has 0 bridgehead atoms. The van der Waals surface area contributed by atoms with Crippen molar-refractivity contribution in [1.29, 1.82) is 0 Å². The Balaban J connectivity index is 2.99. The van der Waals surface area contributed by atoms with Crippen LogP contribution in [0.15, 0.2) is 34.8 Å². The van der Waals surface area contributed by atoms with Gasteiger partial charge in [-0.2, -0.15) is 0 Å². The third-order valence-corrected chi connectivity index (χ3v) is 1.94. The number of hydrogen-bond acceptors (Lipinski definition) is 1. The summed E-state index contributed by atoms with van der Waals surface area (Å²) >= 11 is 3.32. The van der Waals surface area contributed by atoms with Crippen molar-refractivity contribution >= 4 is 21.7 Å². The van der Waals surface area contributed by atoms with E-state index in [1.54, 1.807) is 13.0 Å². The number of allylic oxidation sites excluding steroid dienone is 1. The Bertz CT molecular complexity index is 261. The summed E-state index contributed by atoms with van der Waals surface area (Å²) < 4.78 is 1.02. The first-order valence-corrected chi connectivity index (χ1v) is 4.14. The largest absolute Gasteiger partial charge is 0.508 e. The van der Waals surface area contributed by atoms with Gasteiger partial charge in [0.15, 0.2) is 0 Å². The highest BCUT2D eigenvalue weighted by Crippen LogP contribution is 2.15. The van der Waals surface area contributed by atoms with Crippen LogP contribution < -0.4 is 0 Å². The number of rotatable bonds is 1. The molecule has 0 saturated carbocycles. The molecule has 2 heteroatoms. The van der Waals surface area contributed by atoms with Crippen molar-refractivity contribution in [2.24, 2.45) is 0 Å². The highest BCUT2D eigenvalue weighted by Gasteiger charge is 1.94. The van der Waals surface area contributed by atoms with Gasteiger partial charge in [-0.3, -0.25) is 0 Å². The van der Waals surface area contributed by atoms with Crippen LogP contribution >= 0.6 is 15.9 Å². The number of halogens is 1. The van der Waals surface area contributed by atoms with Gasteiger partial charge in [0, 0.05) is 10.0 Å². The normalized spacial score (nSPS) is 11.6. The van der Waals surface area contributed by atoms with Crippen molar-refractivity contribution in [3.63, 3.8) is 0 Å². The molecule has 0 radical (unpaired) electrons. The van der Waals surface area contributed by atoms with E-state index >= 15 is 0 Å². The first-order valence-electron chi connectivity index (χ1n) is 3.35. The summed E-state index contributed by atoms with van der Waals surface area (Å²) in [6.07, 6.45) is 1.67. The van der Waals surface area contributed by atoms with E-state index in [-0.39, 0.29) is 0 Å². The molecule has 58 valence electrons. The average Bonchev–Trinajstić information content (AvgIpc) is 2.05. The van der Waals surface area contributed by atoms with Crippen molar-refractivity contribution in [2.45, 2.75) is 6.92 Å². The molecule has 0 atom stereocenters. The van der Waals surface area contributed by atoms with E-state index in [4.69, 9.17) is 0 Å². The lowest BCUT2D eigenvalue weighted by molar-refractivity contribution is 0.511. The van der Waals surface area contributed by atoms with Crippen LogP contribution in [-0.4, -0.2) is 5.11 Å². The molecule has 1 aromatic rings. The van der Waals surface area contributed by atoms with E-state index in [1.165, 1.54) is 0 Å². The Hall–Kier alpha value is -0.760. The maximum Gasteiger partial charge on any atom is 0.118 e. The fourth-order valence-electron chi connectivity index (χ4n) is 0.787. The maximum atomic E-state index is 9.27. The van der Waals surface area contributed by atoms with Gasteiger partial charge in [0.25, 0.3) is 0 Å². The van der Waals surface area contributed by atoms with Gasteiger partial charge in [0.05, 0.1) is 0 Å². The predicted molar refractivity (Wildman–Crippen MR) is 50.4 cm³/mol. The van der Waals surface area contributed by atoms with E-state index in [1.807, 2.05) is 24.3 Å². The molecule has 1 aromatic carbocycles. The van der Waals surface area contributed by atoms with Gasteiger partial charge in [-0.1, -0.05) is 28.1 Å². The van der Waals surface area contributed by atoms with Crippen LogP contribution in [0.2, 0.25) is 0 Å². The lowest BCUT2D eigenvalue weighted by atomic mass is 10.2. The summed E-state index contributed by atoms with van der Waals surface area (Å²) in [6, 6.07) is 7.52. The van der Waals surface area contributed by atoms with Crippen LogP contribution in [-0.2, 0) is 0 Å². The predicted octanol–water partition coefficient (Wildman–Crippen LogP) is 3.37. The van der Waals surface area contributed by atoms with Gasteiger partial charge in [-0.25, -0.2) is 0 Å². The third-order valence-electron chi connectivity index (χ3n) is 1.41. The highest BCUT2D eigenvalue weighted by atomic mass is 79.9. The fraction of sp³-hybridized carbons (Fsp3) is 0.111. The van der Waals surface area contributed by atoms with Crippen LogP contribution in [0.5, 0.6) is 0 Å². The van der Waals surface area contributed by atoms with E-state index in [2.05, 4.69) is 15.9 Å². The molecule has 0 aliphatic rings. The zero-order valence-corrected chi connectivity index (χ0v) is 7.80. The second-order valence-electron chi connectivity index (χ2n) is 2.18. The van der Waals surface area contributed by atoms with Crippen LogP contribution in [0, 0.1) is 0 Å². The first kappa shape index (κ1) is 8.34. The smallest absolute Gasteiger partial charge is 0.118 e. The second-order valence-corrected chi connectivity index (χ2v) is 3.10. The van der Waals surface area contributed by atoms with E-state index in [0.29, 0.717) is 5.76 Å². The van der Waals surface area contributed by atoms with Gasteiger partial charge in [-0.15, -0.1) is 0 Å². The van der Waals surface area contributed by atoms with Gasteiger partial charge >= 0.3 is 0 Å².